The van der Waals surface area contributed by atoms with Crippen molar-refractivity contribution in [2.75, 3.05) is 7.11 Å². The molecule has 1 aliphatic carbocycles. The number of alkyl halides is 2. The highest BCUT2D eigenvalue weighted by atomic mass is 19.3. The molecule has 4 nitrogen and oxygen atoms in total. The standard InChI is InChI=1S/C15H15F2NO3/c1-20-13-5-3-10(7-14(13)21-15(16)17)11-6-9(8-18)2-4-12(11)19/h3,5,7,9,11,15H,2,4,6H2,1H3. The number of carbonyl (C=O) groups is 1. The first-order valence-corrected chi connectivity index (χ1v) is 6.60. The van der Waals surface area contributed by atoms with Gasteiger partial charge in [-0.25, -0.2) is 0 Å². The molecule has 0 N–H and O–H groups in total. The van der Waals surface area contributed by atoms with Crippen LogP contribution < -0.4 is 9.47 Å². The van der Waals surface area contributed by atoms with Crippen molar-refractivity contribution in [1.29, 1.82) is 5.26 Å². The average Bonchev–Trinajstić information content (AvgIpc) is 2.47. The summed E-state index contributed by atoms with van der Waals surface area (Å²) in [5, 5.41) is 8.99. The van der Waals surface area contributed by atoms with Gasteiger partial charge in [0.05, 0.1) is 13.2 Å². The van der Waals surface area contributed by atoms with E-state index in [9.17, 15) is 13.6 Å². The van der Waals surface area contributed by atoms with Crippen LogP contribution in [-0.4, -0.2) is 19.5 Å². The maximum Gasteiger partial charge on any atom is 0.387 e. The van der Waals surface area contributed by atoms with Crippen molar-refractivity contribution in [2.24, 2.45) is 5.92 Å². The van der Waals surface area contributed by atoms with Crippen LogP contribution in [0.3, 0.4) is 0 Å². The zero-order valence-electron chi connectivity index (χ0n) is 11.5. The Kier molecular flexibility index (Phi) is 4.73. The third kappa shape index (κ3) is 3.48. The Morgan fingerprint density at radius 1 is 1.38 bits per heavy atom. The van der Waals surface area contributed by atoms with Crippen molar-refractivity contribution in [2.45, 2.75) is 31.8 Å². The highest BCUT2D eigenvalue weighted by molar-refractivity contribution is 5.86. The number of benzene rings is 1. The van der Waals surface area contributed by atoms with Crippen molar-refractivity contribution in [3.8, 4) is 17.6 Å². The lowest BCUT2D eigenvalue weighted by atomic mass is 9.77. The Balaban J connectivity index is 2.30. The van der Waals surface area contributed by atoms with Gasteiger partial charge < -0.3 is 9.47 Å². The van der Waals surface area contributed by atoms with Gasteiger partial charge in [-0.1, -0.05) is 6.07 Å². The second-order valence-corrected chi connectivity index (χ2v) is 4.91. The average molecular weight is 295 g/mol. The van der Waals surface area contributed by atoms with Crippen LogP contribution in [0.4, 0.5) is 8.78 Å². The van der Waals surface area contributed by atoms with Crippen LogP contribution in [0.2, 0.25) is 0 Å². The minimum Gasteiger partial charge on any atom is -0.493 e. The summed E-state index contributed by atoms with van der Waals surface area (Å²) in [7, 11) is 1.35. The molecule has 0 radical (unpaired) electrons. The quantitative estimate of drug-likeness (QED) is 0.855. The predicted octanol–water partition coefficient (Wildman–Crippen LogP) is 3.27. The fourth-order valence-electron chi connectivity index (χ4n) is 2.56. The van der Waals surface area contributed by atoms with Gasteiger partial charge in [-0.3, -0.25) is 4.79 Å². The number of hydrogen-bond acceptors (Lipinski definition) is 4. The molecule has 0 aromatic heterocycles. The van der Waals surface area contributed by atoms with Crippen molar-refractivity contribution in [1.82, 2.24) is 0 Å². The number of methoxy groups -OCH3 is 1. The van der Waals surface area contributed by atoms with E-state index < -0.39 is 12.5 Å². The summed E-state index contributed by atoms with van der Waals surface area (Å²) in [5.41, 5.74) is 0.580. The van der Waals surface area contributed by atoms with Crippen molar-refractivity contribution in [3.05, 3.63) is 23.8 Å². The fraction of sp³-hybridized carbons (Fsp3) is 0.467. The summed E-state index contributed by atoms with van der Waals surface area (Å²) >= 11 is 0. The Hall–Kier alpha value is -2.16. The van der Waals surface area contributed by atoms with E-state index in [2.05, 4.69) is 10.8 Å². The molecule has 6 heteroatoms. The second-order valence-electron chi connectivity index (χ2n) is 4.91. The molecule has 1 aromatic rings. The summed E-state index contributed by atoms with van der Waals surface area (Å²) < 4.78 is 34.2. The van der Waals surface area contributed by atoms with Crippen molar-refractivity contribution < 1.29 is 23.0 Å². The van der Waals surface area contributed by atoms with Crippen LogP contribution in [-0.2, 0) is 4.79 Å². The second kappa shape index (κ2) is 6.53. The van der Waals surface area contributed by atoms with Gasteiger partial charge >= 0.3 is 6.61 Å². The normalized spacial score (nSPS) is 22.0. The number of Topliss-reactive ketones (excluding diaryl/α,β-unsaturated/α-hetero) is 1. The molecule has 0 spiro atoms. The SMILES string of the molecule is COc1ccc(C2CC(C#N)CCC2=O)cc1OC(F)F. The van der Waals surface area contributed by atoms with Crippen LogP contribution in [0.25, 0.3) is 0 Å². The Bertz CT molecular complexity index is 569. The molecule has 1 fully saturated rings. The minimum atomic E-state index is -2.97. The van der Waals surface area contributed by atoms with Gasteiger partial charge in [-0.15, -0.1) is 0 Å². The lowest BCUT2D eigenvalue weighted by Crippen LogP contribution is -2.22. The molecule has 21 heavy (non-hydrogen) atoms. The monoisotopic (exact) mass is 295 g/mol. The Morgan fingerprint density at radius 3 is 2.76 bits per heavy atom. The van der Waals surface area contributed by atoms with Crippen LogP contribution in [0.1, 0.15) is 30.7 Å². The van der Waals surface area contributed by atoms with Crippen LogP contribution in [0, 0.1) is 17.2 Å². The summed E-state index contributed by atoms with van der Waals surface area (Å²) in [4.78, 5) is 12.0. The number of nitriles is 1. The first-order chi connectivity index (χ1) is 10.0. The highest BCUT2D eigenvalue weighted by Crippen LogP contribution is 2.38. The molecule has 0 saturated heterocycles. The number of rotatable bonds is 4. The van der Waals surface area contributed by atoms with E-state index in [-0.39, 0.29) is 23.2 Å². The molecule has 0 amide bonds. The largest absolute Gasteiger partial charge is 0.493 e. The lowest BCUT2D eigenvalue weighted by Gasteiger charge is -2.25. The summed E-state index contributed by atoms with van der Waals surface area (Å²) in [6, 6.07) is 6.71. The maximum atomic E-state index is 12.4. The zero-order valence-corrected chi connectivity index (χ0v) is 11.5. The van der Waals surface area contributed by atoms with E-state index >= 15 is 0 Å². The predicted molar refractivity (Wildman–Crippen MR) is 70.3 cm³/mol. The summed E-state index contributed by atoms with van der Waals surface area (Å²) in [6.45, 7) is -2.97. The van der Waals surface area contributed by atoms with E-state index in [1.165, 1.54) is 19.2 Å². The highest BCUT2D eigenvalue weighted by Gasteiger charge is 2.30. The summed E-state index contributed by atoms with van der Waals surface area (Å²) in [5.74, 6) is -0.533. The van der Waals surface area contributed by atoms with Gasteiger partial charge in [-0.2, -0.15) is 14.0 Å². The van der Waals surface area contributed by atoms with Crippen LogP contribution >= 0.6 is 0 Å². The molecule has 0 aliphatic heterocycles. The number of ether oxygens (including phenoxy) is 2. The van der Waals surface area contributed by atoms with E-state index in [0.717, 1.165) is 0 Å². The van der Waals surface area contributed by atoms with E-state index in [4.69, 9.17) is 10.00 Å². The van der Waals surface area contributed by atoms with Gasteiger partial charge in [0, 0.05) is 18.3 Å². The molecule has 1 saturated carbocycles. The molecule has 1 aromatic carbocycles. The van der Waals surface area contributed by atoms with Gasteiger partial charge in [-0.05, 0) is 30.5 Å². The Morgan fingerprint density at radius 2 is 2.14 bits per heavy atom. The molecule has 2 rings (SSSR count). The number of carbonyl (C=O) groups excluding carboxylic acids is 1. The molecule has 2 atom stereocenters. The molecule has 0 heterocycles. The molecule has 0 bridgehead atoms. The molecular formula is C15H15F2NO3. The van der Waals surface area contributed by atoms with Gasteiger partial charge in [0.15, 0.2) is 11.5 Å². The molecule has 1 aliphatic rings. The molecular weight excluding hydrogens is 280 g/mol. The topological polar surface area (TPSA) is 59.3 Å². The first-order valence-electron chi connectivity index (χ1n) is 6.60. The number of ketones is 1. The van der Waals surface area contributed by atoms with E-state index in [1.807, 2.05) is 0 Å². The van der Waals surface area contributed by atoms with Gasteiger partial charge in [0.25, 0.3) is 0 Å². The molecule has 112 valence electrons. The van der Waals surface area contributed by atoms with E-state index in [0.29, 0.717) is 24.8 Å². The smallest absolute Gasteiger partial charge is 0.387 e. The fourth-order valence-corrected chi connectivity index (χ4v) is 2.56. The van der Waals surface area contributed by atoms with Crippen LogP contribution in [0.15, 0.2) is 18.2 Å². The van der Waals surface area contributed by atoms with Crippen LogP contribution in [0.5, 0.6) is 11.5 Å². The summed E-state index contributed by atoms with van der Waals surface area (Å²) in [6.07, 6.45) is 1.30. The lowest BCUT2D eigenvalue weighted by molar-refractivity contribution is -0.122. The minimum absolute atomic E-state index is 0.0228. The first kappa shape index (κ1) is 15.2. The molecule has 2 unspecified atom stereocenters. The Labute approximate surface area is 121 Å². The van der Waals surface area contributed by atoms with Crippen molar-refractivity contribution >= 4 is 5.78 Å². The van der Waals surface area contributed by atoms with Crippen molar-refractivity contribution in [3.63, 3.8) is 0 Å². The number of nitrogens with zero attached hydrogens (tertiary/aromatic N) is 1. The number of halogens is 2. The van der Waals surface area contributed by atoms with Gasteiger partial charge in [0.2, 0.25) is 0 Å². The number of hydrogen-bond donors (Lipinski definition) is 0. The third-order valence-corrected chi connectivity index (χ3v) is 3.64. The zero-order chi connectivity index (χ0) is 15.4. The third-order valence-electron chi connectivity index (χ3n) is 3.64. The maximum absolute atomic E-state index is 12.4. The van der Waals surface area contributed by atoms with E-state index in [1.54, 1.807) is 6.07 Å². The van der Waals surface area contributed by atoms with Gasteiger partial charge in [0.1, 0.15) is 5.78 Å².